The summed E-state index contributed by atoms with van der Waals surface area (Å²) in [7, 11) is 0. The van der Waals surface area contributed by atoms with Gasteiger partial charge < -0.3 is 14.6 Å². The zero-order valence-corrected chi connectivity index (χ0v) is 11.3. The van der Waals surface area contributed by atoms with Crippen LogP contribution in [0.2, 0.25) is 0 Å². The van der Waals surface area contributed by atoms with Crippen LogP contribution < -0.4 is 0 Å². The summed E-state index contributed by atoms with van der Waals surface area (Å²) in [5.74, 6) is -0.749. The van der Waals surface area contributed by atoms with E-state index in [0.717, 1.165) is 0 Å². The third-order valence-corrected chi connectivity index (χ3v) is 3.39. The summed E-state index contributed by atoms with van der Waals surface area (Å²) in [5, 5.41) is 10.7. The Morgan fingerprint density at radius 2 is 2.12 bits per heavy atom. The van der Waals surface area contributed by atoms with E-state index in [1.165, 1.54) is 0 Å². The first-order valence-electron chi connectivity index (χ1n) is 6.37. The number of carbonyl (C=O) groups excluding carboxylic acids is 1. The van der Waals surface area contributed by atoms with Crippen LogP contribution in [0.4, 0.5) is 0 Å². The average Bonchev–Trinajstić information content (AvgIpc) is 2.16. The quantitative estimate of drug-likeness (QED) is 0.767. The summed E-state index contributed by atoms with van der Waals surface area (Å²) >= 11 is 0. The van der Waals surface area contributed by atoms with Gasteiger partial charge in [-0.1, -0.05) is 6.92 Å². The number of rotatable bonds is 4. The van der Waals surface area contributed by atoms with Gasteiger partial charge in [0, 0.05) is 12.8 Å². The standard InChI is InChI=1S/C13H24O4/c1-5-10(11(14)16-6-2)13(15)7-8-17-12(3,4)9-13/h10,15H,5-9H2,1-4H3. The first-order chi connectivity index (χ1) is 7.84. The van der Waals surface area contributed by atoms with Gasteiger partial charge in [-0.25, -0.2) is 0 Å². The van der Waals surface area contributed by atoms with Crippen LogP contribution in [0.15, 0.2) is 0 Å². The molecular formula is C13H24O4. The fourth-order valence-corrected chi connectivity index (χ4v) is 2.69. The van der Waals surface area contributed by atoms with E-state index >= 15 is 0 Å². The van der Waals surface area contributed by atoms with Gasteiger partial charge in [0.15, 0.2) is 0 Å². The minimum Gasteiger partial charge on any atom is -0.466 e. The third kappa shape index (κ3) is 3.42. The lowest BCUT2D eigenvalue weighted by atomic mass is 9.74. The maximum atomic E-state index is 11.9. The van der Waals surface area contributed by atoms with Crippen LogP contribution in [0.25, 0.3) is 0 Å². The first-order valence-corrected chi connectivity index (χ1v) is 6.37. The number of hydrogen-bond donors (Lipinski definition) is 1. The molecule has 0 aliphatic carbocycles. The molecule has 0 bridgehead atoms. The van der Waals surface area contributed by atoms with Crippen LogP contribution in [0.3, 0.4) is 0 Å². The summed E-state index contributed by atoms with van der Waals surface area (Å²) in [6.07, 6.45) is 1.55. The van der Waals surface area contributed by atoms with Crippen molar-refractivity contribution in [3.05, 3.63) is 0 Å². The van der Waals surface area contributed by atoms with Crippen molar-refractivity contribution in [3.63, 3.8) is 0 Å². The minimum atomic E-state index is -0.997. The Morgan fingerprint density at radius 1 is 1.47 bits per heavy atom. The Hall–Kier alpha value is -0.610. The van der Waals surface area contributed by atoms with Gasteiger partial charge in [0.25, 0.3) is 0 Å². The summed E-state index contributed by atoms with van der Waals surface area (Å²) in [4.78, 5) is 11.9. The fourth-order valence-electron chi connectivity index (χ4n) is 2.69. The molecule has 0 aromatic rings. The van der Waals surface area contributed by atoms with Crippen LogP contribution >= 0.6 is 0 Å². The van der Waals surface area contributed by atoms with Gasteiger partial charge in [0.2, 0.25) is 0 Å². The van der Waals surface area contributed by atoms with E-state index in [4.69, 9.17) is 9.47 Å². The second kappa shape index (κ2) is 5.36. The Bertz CT molecular complexity index is 275. The van der Waals surface area contributed by atoms with Gasteiger partial charge in [-0.3, -0.25) is 4.79 Å². The van der Waals surface area contributed by atoms with Gasteiger partial charge in [-0.15, -0.1) is 0 Å². The molecule has 100 valence electrons. The summed E-state index contributed by atoms with van der Waals surface area (Å²) in [5.41, 5.74) is -1.38. The monoisotopic (exact) mass is 244 g/mol. The molecule has 1 saturated heterocycles. The van der Waals surface area contributed by atoms with Crippen LogP contribution in [0.1, 0.15) is 47.0 Å². The molecule has 1 fully saturated rings. The highest BCUT2D eigenvalue weighted by Gasteiger charge is 2.47. The van der Waals surface area contributed by atoms with Crippen molar-refractivity contribution < 1.29 is 19.4 Å². The van der Waals surface area contributed by atoms with Crippen molar-refractivity contribution in [1.82, 2.24) is 0 Å². The molecule has 1 N–H and O–H groups in total. The highest BCUT2D eigenvalue weighted by atomic mass is 16.5. The maximum Gasteiger partial charge on any atom is 0.311 e. The molecule has 0 aromatic carbocycles. The Labute approximate surface area is 103 Å². The molecule has 2 unspecified atom stereocenters. The SMILES string of the molecule is CCOC(=O)C(CC)C1(O)CCOC(C)(C)C1. The van der Waals surface area contributed by atoms with Crippen molar-refractivity contribution in [1.29, 1.82) is 0 Å². The molecule has 1 heterocycles. The molecule has 2 atom stereocenters. The second-order valence-electron chi connectivity index (χ2n) is 5.35. The Kier molecular flexibility index (Phi) is 4.55. The molecule has 1 aliphatic rings. The van der Waals surface area contributed by atoms with E-state index < -0.39 is 11.5 Å². The molecule has 1 rings (SSSR count). The van der Waals surface area contributed by atoms with Crippen LogP contribution in [-0.4, -0.2) is 35.5 Å². The Balaban J connectivity index is 2.82. The number of ether oxygens (including phenoxy) is 2. The molecule has 0 saturated carbocycles. The predicted octanol–water partition coefficient (Wildman–Crippen LogP) is 1.90. The number of hydrogen-bond acceptors (Lipinski definition) is 4. The maximum absolute atomic E-state index is 11.9. The predicted molar refractivity (Wildman–Crippen MR) is 64.6 cm³/mol. The van der Waals surface area contributed by atoms with Crippen molar-refractivity contribution in [2.24, 2.45) is 5.92 Å². The zero-order chi connectivity index (χ0) is 13.1. The van der Waals surface area contributed by atoms with Crippen LogP contribution in [0, 0.1) is 5.92 Å². The van der Waals surface area contributed by atoms with Gasteiger partial charge in [0.1, 0.15) is 0 Å². The lowest BCUT2D eigenvalue weighted by Gasteiger charge is -2.44. The smallest absolute Gasteiger partial charge is 0.311 e. The normalized spacial score (nSPS) is 29.7. The zero-order valence-electron chi connectivity index (χ0n) is 11.3. The number of aliphatic hydroxyl groups is 1. The van der Waals surface area contributed by atoms with Gasteiger partial charge in [-0.2, -0.15) is 0 Å². The second-order valence-corrected chi connectivity index (χ2v) is 5.35. The molecule has 17 heavy (non-hydrogen) atoms. The topological polar surface area (TPSA) is 55.8 Å². The fraction of sp³-hybridized carbons (Fsp3) is 0.923. The first kappa shape index (κ1) is 14.5. The molecule has 0 spiro atoms. The van der Waals surface area contributed by atoms with E-state index in [9.17, 15) is 9.90 Å². The largest absolute Gasteiger partial charge is 0.466 e. The van der Waals surface area contributed by atoms with Crippen LogP contribution in [0.5, 0.6) is 0 Å². The van der Waals surface area contributed by atoms with Crippen molar-refractivity contribution >= 4 is 5.97 Å². The van der Waals surface area contributed by atoms with E-state index in [1.807, 2.05) is 20.8 Å². The van der Waals surface area contributed by atoms with Gasteiger partial charge >= 0.3 is 5.97 Å². The molecule has 4 nitrogen and oxygen atoms in total. The lowest BCUT2D eigenvalue weighted by Crippen LogP contribution is -2.52. The van der Waals surface area contributed by atoms with Gasteiger partial charge in [-0.05, 0) is 27.2 Å². The van der Waals surface area contributed by atoms with Crippen molar-refractivity contribution in [3.8, 4) is 0 Å². The van der Waals surface area contributed by atoms with Gasteiger partial charge in [0.05, 0.1) is 30.3 Å². The van der Waals surface area contributed by atoms with Crippen LogP contribution in [-0.2, 0) is 14.3 Å². The van der Waals surface area contributed by atoms with E-state index in [0.29, 0.717) is 32.5 Å². The summed E-state index contributed by atoms with van der Waals surface area (Å²) in [6, 6.07) is 0. The molecule has 0 aromatic heterocycles. The highest BCUT2D eigenvalue weighted by Crippen LogP contribution is 2.38. The molecule has 4 heteroatoms. The van der Waals surface area contributed by atoms with E-state index in [2.05, 4.69) is 0 Å². The van der Waals surface area contributed by atoms with E-state index in [1.54, 1.807) is 6.92 Å². The Morgan fingerprint density at radius 3 is 2.59 bits per heavy atom. The summed E-state index contributed by atoms with van der Waals surface area (Å²) in [6.45, 7) is 8.40. The number of esters is 1. The molecule has 1 aliphatic heterocycles. The third-order valence-electron chi connectivity index (χ3n) is 3.39. The summed E-state index contributed by atoms with van der Waals surface area (Å²) < 4.78 is 10.6. The van der Waals surface area contributed by atoms with Crippen molar-refractivity contribution in [2.75, 3.05) is 13.2 Å². The minimum absolute atomic E-state index is 0.296. The van der Waals surface area contributed by atoms with Crippen molar-refractivity contribution in [2.45, 2.75) is 58.2 Å². The molecule has 0 amide bonds. The molecular weight excluding hydrogens is 220 g/mol. The average molecular weight is 244 g/mol. The molecule has 0 radical (unpaired) electrons. The number of carbonyl (C=O) groups is 1. The van der Waals surface area contributed by atoms with E-state index in [-0.39, 0.29) is 11.6 Å². The highest BCUT2D eigenvalue weighted by molar-refractivity contribution is 5.73. The lowest BCUT2D eigenvalue weighted by molar-refractivity contribution is -0.185.